The number of nitrogens with one attached hydrogen (secondary N) is 1. The molecule has 6 nitrogen and oxygen atoms in total. The van der Waals surface area contributed by atoms with Gasteiger partial charge in [0, 0.05) is 18.8 Å². The van der Waals surface area contributed by atoms with Crippen molar-refractivity contribution in [2.24, 2.45) is 0 Å². The molecule has 17 heavy (non-hydrogen) atoms. The predicted octanol–water partition coefficient (Wildman–Crippen LogP) is 0.797. The van der Waals surface area contributed by atoms with Crippen LogP contribution >= 0.6 is 0 Å². The average molecular weight is 229 g/mol. The van der Waals surface area contributed by atoms with Crippen LogP contribution in [0.25, 0.3) is 5.69 Å². The Hall–Kier alpha value is -2.37. The maximum absolute atomic E-state index is 11.5. The summed E-state index contributed by atoms with van der Waals surface area (Å²) in [7, 11) is 0. The fourth-order valence-electron chi connectivity index (χ4n) is 1.85. The molecular formula is C11H11N5O. The number of aromatic nitrogens is 3. The van der Waals surface area contributed by atoms with Crippen LogP contribution in [0, 0.1) is 0 Å². The summed E-state index contributed by atoms with van der Waals surface area (Å²) in [5.41, 5.74) is 1.81. The van der Waals surface area contributed by atoms with Gasteiger partial charge in [0.1, 0.15) is 0 Å². The standard InChI is InChI=1S/C11H11N5O/c17-11-12-5-7-15(11)9-1-3-10(4-2-9)16-8-6-13-14-16/h1-4,6,8H,5,7H2,(H,12,17). The summed E-state index contributed by atoms with van der Waals surface area (Å²) in [5, 5.41) is 10.4. The molecule has 0 saturated carbocycles. The highest BCUT2D eigenvalue weighted by atomic mass is 16.2. The Kier molecular flexibility index (Phi) is 2.25. The zero-order valence-corrected chi connectivity index (χ0v) is 9.08. The lowest BCUT2D eigenvalue weighted by atomic mass is 10.2. The lowest BCUT2D eigenvalue weighted by molar-refractivity contribution is 0.252. The lowest BCUT2D eigenvalue weighted by Crippen LogP contribution is -2.27. The lowest BCUT2D eigenvalue weighted by Gasteiger charge is -2.14. The van der Waals surface area contributed by atoms with Crippen LogP contribution < -0.4 is 10.2 Å². The first kappa shape index (κ1) is 9.83. The van der Waals surface area contributed by atoms with Crippen LogP contribution in [-0.2, 0) is 0 Å². The SMILES string of the molecule is O=C1NCCN1c1ccc(-n2ccnn2)cc1. The van der Waals surface area contributed by atoms with Gasteiger partial charge in [0.05, 0.1) is 18.1 Å². The molecule has 0 atom stereocenters. The molecule has 1 aromatic heterocycles. The topological polar surface area (TPSA) is 63.1 Å². The number of urea groups is 1. The van der Waals surface area contributed by atoms with E-state index < -0.39 is 0 Å². The molecule has 2 heterocycles. The van der Waals surface area contributed by atoms with Gasteiger partial charge in [-0.05, 0) is 24.3 Å². The van der Waals surface area contributed by atoms with Crippen molar-refractivity contribution in [2.75, 3.05) is 18.0 Å². The van der Waals surface area contributed by atoms with Gasteiger partial charge in [-0.15, -0.1) is 5.10 Å². The van der Waals surface area contributed by atoms with Crippen molar-refractivity contribution in [2.45, 2.75) is 0 Å². The summed E-state index contributed by atoms with van der Waals surface area (Å²) in [6.45, 7) is 1.41. The zero-order chi connectivity index (χ0) is 11.7. The monoisotopic (exact) mass is 229 g/mol. The minimum Gasteiger partial charge on any atom is -0.336 e. The number of hydrogen-bond donors (Lipinski definition) is 1. The second-order valence-corrected chi connectivity index (χ2v) is 3.75. The Labute approximate surface area is 97.8 Å². The molecule has 6 heteroatoms. The van der Waals surface area contributed by atoms with Crippen molar-refractivity contribution < 1.29 is 4.79 Å². The molecule has 1 aliphatic rings. The second kappa shape index (κ2) is 3.89. The molecule has 3 rings (SSSR count). The summed E-state index contributed by atoms with van der Waals surface area (Å²) in [4.78, 5) is 13.2. The van der Waals surface area contributed by atoms with Gasteiger partial charge >= 0.3 is 6.03 Å². The maximum Gasteiger partial charge on any atom is 0.321 e. The van der Waals surface area contributed by atoms with Crippen LogP contribution in [0.15, 0.2) is 36.7 Å². The van der Waals surface area contributed by atoms with Gasteiger partial charge in [0.2, 0.25) is 0 Å². The van der Waals surface area contributed by atoms with E-state index in [9.17, 15) is 4.79 Å². The molecule has 0 aliphatic carbocycles. The highest BCUT2D eigenvalue weighted by molar-refractivity contribution is 5.94. The molecule has 0 spiro atoms. The van der Waals surface area contributed by atoms with Gasteiger partial charge in [0.25, 0.3) is 0 Å². The Bertz CT molecular complexity index is 519. The first-order valence-corrected chi connectivity index (χ1v) is 5.37. The molecular weight excluding hydrogens is 218 g/mol. The molecule has 0 bridgehead atoms. The molecule has 1 fully saturated rings. The van der Waals surface area contributed by atoms with Gasteiger partial charge in [-0.25, -0.2) is 9.48 Å². The Morgan fingerprint density at radius 2 is 1.94 bits per heavy atom. The van der Waals surface area contributed by atoms with E-state index >= 15 is 0 Å². The van der Waals surface area contributed by atoms with E-state index in [1.54, 1.807) is 22.0 Å². The first-order chi connectivity index (χ1) is 8.34. The highest BCUT2D eigenvalue weighted by Crippen LogP contribution is 2.18. The molecule has 2 amide bonds. The van der Waals surface area contributed by atoms with Crippen molar-refractivity contribution in [3.63, 3.8) is 0 Å². The van der Waals surface area contributed by atoms with Crippen LogP contribution in [-0.4, -0.2) is 34.1 Å². The van der Waals surface area contributed by atoms with E-state index in [1.807, 2.05) is 24.3 Å². The fraction of sp³-hybridized carbons (Fsp3) is 0.182. The quantitative estimate of drug-likeness (QED) is 0.828. The number of benzene rings is 1. The number of nitrogens with zero attached hydrogens (tertiary/aromatic N) is 4. The zero-order valence-electron chi connectivity index (χ0n) is 9.08. The van der Waals surface area contributed by atoms with Gasteiger partial charge in [-0.2, -0.15) is 0 Å². The minimum absolute atomic E-state index is 0.0431. The molecule has 86 valence electrons. The maximum atomic E-state index is 11.5. The van der Waals surface area contributed by atoms with E-state index in [2.05, 4.69) is 15.6 Å². The van der Waals surface area contributed by atoms with Crippen molar-refractivity contribution >= 4 is 11.7 Å². The number of amides is 2. The molecule has 0 unspecified atom stereocenters. The molecule has 1 aromatic carbocycles. The third kappa shape index (κ3) is 1.73. The smallest absolute Gasteiger partial charge is 0.321 e. The fourth-order valence-corrected chi connectivity index (χ4v) is 1.85. The third-order valence-corrected chi connectivity index (χ3v) is 2.71. The minimum atomic E-state index is -0.0431. The molecule has 0 radical (unpaired) electrons. The van der Waals surface area contributed by atoms with Crippen molar-refractivity contribution in [3.8, 4) is 5.69 Å². The van der Waals surface area contributed by atoms with Gasteiger partial charge in [-0.1, -0.05) is 5.21 Å². The molecule has 1 N–H and O–H groups in total. The molecule has 1 saturated heterocycles. The first-order valence-electron chi connectivity index (χ1n) is 5.37. The van der Waals surface area contributed by atoms with Crippen LogP contribution in [0.2, 0.25) is 0 Å². The number of rotatable bonds is 2. The number of carbonyl (C=O) groups excluding carboxylic acids is 1. The summed E-state index contributed by atoms with van der Waals surface area (Å²) < 4.78 is 1.67. The summed E-state index contributed by atoms with van der Waals surface area (Å²) in [6, 6.07) is 7.59. The van der Waals surface area contributed by atoms with Crippen molar-refractivity contribution in [3.05, 3.63) is 36.7 Å². The highest BCUT2D eigenvalue weighted by Gasteiger charge is 2.20. The van der Waals surface area contributed by atoms with E-state index in [1.165, 1.54) is 0 Å². The second-order valence-electron chi connectivity index (χ2n) is 3.75. The number of anilines is 1. The van der Waals surface area contributed by atoms with Crippen LogP contribution in [0.3, 0.4) is 0 Å². The summed E-state index contributed by atoms with van der Waals surface area (Å²) >= 11 is 0. The van der Waals surface area contributed by atoms with Gasteiger partial charge in [-0.3, -0.25) is 4.90 Å². The van der Waals surface area contributed by atoms with Crippen LogP contribution in [0.5, 0.6) is 0 Å². The van der Waals surface area contributed by atoms with Gasteiger partial charge in [0.15, 0.2) is 0 Å². The Morgan fingerprint density at radius 1 is 1.18 bits per heavy atom. The van der Waals surface area contributed by atoms with Crippen molar-refractivity contribution in [1.82, 2.24) is 20.3 Å². The van der Waals surface area contributed by atoms with Crippen molar-refractivity contribution in [1.29, 1.82) is 0 Å². The Balaban J connectivity index is 1.87. The van der Waals surface area contributed by atoms with Crippen LogP contribution in [0.4, 0.5) is 10.5 Å². The van der Waals surface area contributed by atoms with Crippen LogP contribution in [0.1, 0.15) is 0 Å². The average Bonchev–Trinajstić information content (AvgIpc) is 3.00. The van der Waals surface area contributed by atoms with E-state index in [-0.39, 0.29) is 6.03 Å². The van der Waals surface area contributed by atoms with Gasteiger partial charge < -0.3 is 5.32 Å². The summed E-state index contributed by atoms with van der Waals surface area (Å²) in [6.07, 6.45) is 3.40. The Morgan fingerprint density at radius 3 is 2.53 bits per heavy atom. The van der Waals surface area contributed by atoms with E-state index in [0.29, 0.717) is 13.1 Å². The molecule has 2 aromatic rings. The van der Waals surface area contributed by atoms with E-state index in [0.717, 1.165) is 11.4 Å². The predicted molar refractivity (Wildman–Crippen MR) is 62.1 cm³/mol. The largest absolute Gasteiger partial charge is 0.336 e. The molecule has 1 aliphatic heterocycles. The number of hydrogen-bond acceptors (Lipinski definition) is 3. The third-order valence-electron chi connectivity index (χ3n) is 2.71. The van der Waals surface area contributed by atoms with E-state index in [4.69, 9.17) is 0 Å². The number of carbonyl (C=O) groups is 1. The summed E-state index contributed by atoms with van der Waals surface area (Å²) in [5.74, 6) is 0. The normalized spacial score (nSPS) is 15.1.